The standard InChI is InChI=1S/C18H22N4O2/c1-12-10-16(23)22-18(21-12)20-9-8-19-17(24)15-7-6-13-4-2-3-5-14(13)11-15/h2-5,10,15H,6-9,11H2,1H3,(H,19,24)(H2,20,21,22,23). The van der Waals surface area contributed by atoms with Crippen molar-refractivity contribution in [1.29, 1.82) is 0 Å². The number of nitrogens with zero attached hydrogens (tertiary/aromatic N) is 1. The summed E-state index contributed by atoms with van der Waals surface area (Å²) in [6.45, 7) is 2.78. The lowest BCUT2D eigenvalue weighted by molar-refractivity contribution is -0.125. The minimum Gasteiger partial charge on any atom is -0.354 e. The van der Waals surface area contributed by atoms with Crippen LogP contribution in [0.15, 0.2) is 35.1 Å². The van der Waals surface area contributed by atoms with Gasteiger partial charge in [-0.1, -0.05) is 24.3 Å². The van der Waals surface area contributed by atoms with Crippen molar-refractivity contribution in [2.24, 2.45) is 5.92 Å². The van der Waals surface area contributed by atoms with Gasteiger partial charge in [0, 0.05) is 30.8 Å². The molecule has 1 aliphatic rings. The molecule has 0 radical (unpaired) electrons. The number of amides is 1. The first-order valence-electron chi connectivity index (χ1n) is 8.28. The maximum absolute atomic E-state index is 12.3. The molecule has 6 nitrogen and oxygen atoms in total. The Labute approximate surface area is 140 Å². The molecule has 24 heavy (non-hydrogen) atoms. The summed E-state index contributed by atoms with van der Waals surface area (Å²) in [6.07, 6.45) is 2.66. The van der Waals surface area contributed by atoms with E-state index in [9.17, 15) is 9.59 Å². The van der Waals surface area contributed by atoms with Crippen molar-refractivity contribution in [3.8, 4) is 0 Å². The van der Waals surface area contributed by atoms with E-state index in [0.717, 1.165) is 19.3 Å². The molecule has 3 rings (SSSR count). The van der Waals surface area contributed by atoms with Crippen molar-refractivity contribution in [3.05, 3.63) is 57.5 Å². The Bertz CT molecular complexity index is 785. The Morgan fingerprint density at radius 1 is 1.29 bits per heavy atom. The molecule has 1 aromatic heterocycles. The molecule has 0 saturated carbocycles. The van der Waals surface area contributed by atoms with Gasteiger partial charge in [0.15, 0.2) is 0 Å². The van der Waals surface area contributed by atoms with Crippen molar-refractivity contribution in [2.75, 3.05) is 18.4 Å². The van der Waals surface area contributed by atoms with Gasteiger partial charge < -0.3 is 10.6 Å². The molecule has 0 bridgehead atoms. The van der Waals surface area contributed by atoms with Crippen LogP contribution in [0.25, 0.3) is 0 Å². The third-order valence-corrected chi connectivity index (χ3v) is 4.30. The SMILES string of the molecule is Cc1cc(=O)[nH]c(NCCNC(=O)C2CCc3ccccc3C2)n1. The van der Waals surface area contributed by atoms with Crippen LogP contribution >= 0.6 is 0 Å². The van der Waals surface area contributed by atoms with Crippen LogP contribution in [-0.2, 0) is 17.6 Å². The summed E-state index contributed by atoms with van der Waals surface area (Å²) in [6, 6.07) is 9.76. The van der Waals surface area contributed by atoms with Crippen LogP contribution in [0.1, 0.15) is 23.2 Å². The number of carbonyl (C=O) groups excluding carboxylic acids is 1. The molecule has 3 N–H and O–H groups in total. The molecule has 6 heteroatoms. The second kappa shape index (κ2) is 7.29. The van der Waals surface area contributed by atoms with E-state index >= 15 is 0 Å². The van der Waals surface area contributed by atoms with Gasteiger partial charge >= 0.3 is 0 Å². The minimum absolute atomic E-state index is 0.0387. The highest BCUT2D eigenvalue weighted by Crippen LogP contribution is 2.25. The monoisotopic (exact) mass is 326 g/mol. The van der Waals surface area contributed by atoms with Gasteiger partial charge in [-0.2, -0.15) is 0 Å². The zero-order chi connectivity index (χ0) is 16.9. The number of rotatable bonds is 5. The first-order chi connectivity index (χ1) is 11.6. The maximum Gasteiger partial charge on any atom is 0.252 e. The van der Waals surface area contributed by atoms with Crippen molar-refractivity contribution in [3.63, 3.8) is 0 Å². The average molecular weight is 326 g/mol. The summed E-state index contributed by atoms with van der Waals surface area (Å²) >= 11 is 0. The van der Waals surface area contributed by atoms with Gasteiger partial charge in [-0.3, -0.25) is 14.6 Å². The van der Waals surface area contributed by atoms with Crippen LogP contribution in [0.2, 0.25) is 0 Å². The Morgan fingerprint density at radius 3 is 2.88 bits per heavy atom. The molecule has 126 valence electrons. The fourth-order valence-corrected chi connectivity index (χ4v) is 3.10. The van der Waals surface area contributed by atoms with E-state index in [1.807, 2.05) is 6.07 Å². The van der Waals surface area contributed by atoms with E-state index in [1.54, 1.807) is 6.92 Å². The third-order valence-electron chi connectivity index (χ3n) is 4.30. The van der Waals surface area contributed by atoms with Crippen LogP contribution in [0.3, 0.4) is 0 Å². The lowest BCUT2D eigenvalue weighted by Crippen LogP contribution is -2.36. The number of H-pyrrole nitrogens is 1. The summed E-state index contributed by atoms with van der Waals surface area (Å²) in [5.41, 5.74) is 3.11. The highest BCUT2D eigenvalue weighted by molar-refractivity contribution is 5.79. The number of carbonyl (C=O) groups is 1. The zero-order valence-electron chi connectivity index (χ0n) is 13.8. The molecular formula is C18H22N4O2. The van der Waals surface area contributed by atoms with Gasteiger partial charge in [-0.25, -0.2) is 4.98 Å². The number of hydrogen-bond donors (Lipinski definition) is 3. The number of anilines is 1. The Morgan fingerprint density at radius 2 is 2.08 bits per heavy atom. The van der Waals surface area contributed by atoms with Gasteiger partial charge in [0.05, 0.1) is 0 Å². The second-order valence-electron chi connectivity index (χ2n) is 6.16. The molecule has 0 spiro atoms. The molecule has 1 amide bonds. The normalized spacial score (nSPS) is 16.3. The number of aromatic amines is 1. The first-order valence-corrected chi connectivity index (χ1v) is 8.28. The summed E-state index contributed by atoms with van der Waals surface area (Å²) in [5, 5.41) is 5.98. The van der Waals surface area contributed by atoms with Crippen LogP contribution in [-0.4, -0.2) is 29.0 Å². The van der Waals surface area contributed by atoms with E-state index in [-0.39, 0.29) is 17.4 Å². The smallest absolute Gasteiger partial charge is 0.252 e. The van der Waals surface area contributed by atoms with Crippen molar-refractivity contribution >= 4 is 11.9 Å². The van der Waals surface area contributed by atoms with E-state index in [4.69, 9.17) is 0 Å². The van der Waals surface area contributed by atoms with E-state index in [0.29, 0.717) is 24.7 Å². The van der Waals surface area contributed by atoms with Gasteiger partial charge in [-0.15, -0.1) is 0 Å². The quantitative estimate of drug-likeness (QED) is 0.725. The van der Waals surface area contributed by atoms with Gasteiger partial charge in [-0.05, 0) is 37.3 Å². The second-order valence-corrected chi connectivity index (χ2v) is 6.16. The summed E-state index contributed by atoms with van der Waals surface area (Å²) in [5.74, 6) is 0.564. The lowest BCUT2D eigenvalue weighted by Gasteiger charge is -2.23. The van der Waals surface area contributed by atoms with Crippen molar-refractivity contribution in [1.82, 2.24) is 15.3 Å². The number of hydrogen-bond acceptors (Lipinski definition) is 4. The zero-order valence-corrected chi connectivity index (χ0v) is 13.8. The molecule has 0 saturated heterocycles. The van der Waals surface area contributed by atoms with Crippen LogP contribution in [0.4, 0.5) is 5.95 Å². The highest BCUT2D eigenvalue weighted by atomic mass is 16.2. The fraction of sp³-hybridized carbons (Fsp3) is 0.389. The predicted octanol–water partition coefficient (Wildman–Crippen LogP) is 1.41. The topological polar surface area (TPSA) is 86.9 Å². The molecule has 0 fully saturated rings. The van der Waals surface area contributed by atoms with E-state index < -0.39 is 0 Å². The molecule has 1 aromatic carbocycles. The third kappa shape index (κ3) is 4.01. The van der Waals surface area contributed by atoms with Crippen molar-refractivity contribution < 1.29 is 4.79 Å². The fourth-order valence-electron chi connectivity index (χ4n) is 3.10. The molecule has 1 unspecified atom stereocenters. The minimum atomic E-state index is -0.185. The number of aryl methyl sites for hydroxylation is 2. The van der Waals surface area contributed by atoms with Crippen LogP contribution < -0.4 is 16.2 Å². The molecular weight excluding hydrogens is 304 g/mol. The Hall–Kier alpha value is -2.63. The molecule has 1 atom stereocenters. The van der Waals surface area contributed by atoms with E-state index in [1.165, 1.54) is 17.2 Å². The maximum atomic E-state index is 12.3. The summed E-state index contributed by atoms with van der Waals surface area (Å²) in [7, 11) is 0. The average Bonchev–Trinajstić information content (AvgIpc) is 2.57. The summed E-state index contributed by atoms with van der Waals surface area (Å²) < 4.78 is 0. The predicted molar refractivity (Wildman–Crippen MR) is 93.1 cm³/mol. The number of nitrogens with one attached hydrogen (secondary N) is 3. The number of fused-ring (bicyclic) bond motifs is 1. The molecule has 1 aliphatic carbocycles. The number of benzene rings is 1. The van der Waals surface area contributed by atoms with Gasteiger partial charge in [0.25, 0.3) is 5.56 Å². The van der Waals surface area contributed by atoms with Gasteiger partial charge in [0.2, 0.25) is 11.9 Å². The van der Waals surface area contributed by atoms with Gasteiger partial charge in [0.1, 0.15) is 0 Å². The number of aromatic nitrogens is 2. The Balaban J connectivity index is 1.45. The summed E-state index contributed by atoms with van der Waals surface area (Å²) in [4.78, 5) is 30.5. The lowest BCUT2D eigenvalue weighted by atomic mass is 9.83. The highest BCUT2D eigenvalue weighted by Gasteiger charge is 2.23. The van der Waals surface area contributed by atoms with Crippen LogP contribution in [0.5, 0.6) is 0 Å². The van der Waals surface area contributed by atoms with Crippen LogP contribution in [0, 0.1) is 12.8 Å². The largest absolute Gasteiger partial charge is 0.354 e. The van der Waals surface area contributed by atoms with E-state index in [2.05, 4.69) is 38.8 Å². The molecule has 0 aliphatic heterocycles. The van der Waals surface area contributed by atoms with Crippen molar-refractivity contribution in [2.45, 2.75) is 26.2 Å². The first kappa shape index (κ1) is 16.2. The Kier molecular flexibility index (Phi) is 4.93. The molecule has 2 aromatic rings. The molecule has 1 heterocycles.